The van der Waals surface area contributed by atoms with Crippen molar-refractivity contribution in [2.24, 2.45) is 0 Å². The average Bonchev–Trinajstić information content (AvgIpc) is 2.93. The maximum Gasteiger partial charge on any atom is 0.137 e. The summed E-state index contributed by atoms with van der Waals surface area (Å²) in [7, 11) is 4.13. The van der Waals surface area contributed by atoms with Crippen molar-refractivity contribution in [2.75, 3.05) is 25.5 Å². The zero-order chi connectivity index (χ0) is 16.0. The molecule has 5 heteroatoms. The van der Waals surface area contributed by atoms with E-state index in [1.165, 1.54) is 22.6 Å². The van der Waals surface area contributed by atoms with Gasteiger partial charge in [0.05, 0.1) is 17.4 Å². The van der Waals surface area contributed by atoms with E-state index >= 15 is 0 Å². The molecule has 1 atom stereocenters. The van der Waals surface area contributed by atoms with Crippen LogP contribution < -0.4 is 10.2 Å². The van der Waals surface area contributed by atoms with Gasteiger partial charge in [-0.05, 0) is 45.8 Å². The Bertz CT molecular complexity index is 851. The number of nitrogens with zero attached hydrogens (tertiary/aromatic N) is 3. The molecule has 2 aromatic heterocycles. The van der Waals surface area contributed by atoms with Crippen LogP contribution >= 0.6 is 15.9 Å². The van der Waals surface area contributed by atoms with Crippen LogP contribution in [0.3, 0.4) is 0 Å². The van der Waals surface area contributed by atoms with Gasteiger partial charge < -0.3 is 14.6 Å². The molecule has 1 aromatic carbocycles. The lowest BCUT2D eigenvalue weighted by atomic mass is 9.97. The van der Waals surface area contributed by atoms with Gasteiger partial charge in [0.2, 0.25) is 0 Å². The first-order chi connectivity index (χ1) is 11.1. The van der Waals surface area contributed by atoms with Gasteiger partial charge in [-0.2, -0.15) is 0 Å². The topological polar surface area (TPSA) is 32.6 Å². The van der Waals surface area contributed by atoms with Crippen LogP contribution in [0.25, 0.3) is 5.65 Å². The van der Waals surface area contributed by atoms with Gasteiger partial charge in [-0.15, -0.1) is 0 Å². The standard InChI is InChI=1S/C18H19BrN4/c1-22(2)14-6-3-12(4-7-14)17-18-15(9-10-20-17)21-16-8-5-13(19)11-23(16)18/h3-8,11,17,20H,9-10H2,1-2H3. The van der Waals surface area contributed by atoms with Crippen LogP contribution in [-0.4, -0.2) is 30.0 Å². The maximum atomic E-state index is 4.81. The summed E-state index contributed by atoms with van der Waals surface area (Å²) in [5, 5.41) is 3.65. The molecule has 4 nitrogen and oxygen atoms in total. The van der Waals surface area contributed by atoms with Crippen LogP contribution in [0.2, 0.25) is 0 Å². The Morgan fingerprint density at radius 2 is 1.96 bits per heavy atom. The third-order valence-electron chi connectivity index (χ3n) is 4.42. The molecule has 1 N–H and O–H groups in total. The molecule has 0 amide bonds. The Labute approximate surface area is 144 Å². The Morgan fingerprint density at radius 3 is 2.70 bits per heavy atom. The minimum Gasteiger partial charge on any atom is -0.378 e. The van der Waals surface area contributed by atoms with E-state index in [0.29, 0.717) is 0 Å². The second kappa shape index (κ2) is 5.65. The number of pyridine rings is 1. The first-order valence-electron chi connectivity index (χ1n) is 7.80. The van der Waals surface area contributed by atoms with E-state index in [4.69, 9.17) is 4.98 Å². The highest BCUT2D eigenvalue weighted by Gasteiger charge is 2.26. The monoisotopic (exact) mass is 370 g/mol. The van der Waals surface area contributed by atoms with Gasteiger partial charge in [-0.3, -0.25) is 0 Å². The van der Waals surface area contributed by atoms with Crippen molar-refractivity contribution in [3.05, 3.63) is 64.0 Å². The Kier molecular flexibility index (Phi) is 3.62. The fourth-order valence-corrected chi connectivity index (χ4v) is 3.58. The molecule has 1 aliphatic heterocycles. The number of aromatic nitrogens is 2. The van der Waals surface area contributed by atoms with Gasteiger partial charge in [-0.25, -0.2) is 4.98 Å². The highest BCUT2D eigenvalue weighted by atomic mass is 79.9. The van der Waals surface area contributed by atoms with E-state index in [1.54, 1.807) is 0 Å². The zero-order valence-electron chi connectivity index (χ0n) is 13.3. The summed E-state index contributed by atoms with van der Waals surface area (Å²) < 4.78 is 3.27. The molecule has 0 aliphatic carbocycles. The van der Waals surface area contributed by atoms with Gasteiger partial charge in [-0.1, -0.05) is 12.1 Å². The summed E-state index contributed by atoms with van der Waals surface area (Å²) >= 11 is 3.57. The molecule has 1 unspecified atom stereocenters. The molecule has 3 heterocycles. The summed E-state index contributed by atoms with van der Waals surface area (Å²) in [6.45, 7) is 0.956. The molecule has 0 fully saturated rings. The average molecular weight is 371 g/mol. The van der Waals surface area contributed by atoms with Crippen LogP contribution in [-0.2, 0) is 6.42 Å². The van der Waals surface area contributed by atoms with E-state index in [0.717, 1.165) is 23.1 Å². The fraction of sp³-hybridized carbons (Fsp3) is 0.278. The molecule has 0 spiro atoms. The Morgan fingerprint density at radius 1 is 1.17 bits per heavy atom. The summed E-state index contributed by atoms with van der Waals surface area (Å²) in [6.07, 6.45) is 3.08. The molecule has 0 saturated carbocycles. The summed E-state index contributed by atoms with van der Waals surface area (Å²) in [5.41, 5.74) is 5.95. The number of rotatable bonds is 2. The van der Waals surface area contributed by atoms with E-state index < -0.39 is 0 Å². The Hall–Kier alpha value is -1.85. The van der Waals surface area contributed by atoms with Crippen molar-refractivity contribution < 1.29 is 0 Å². The normalized spacial score (nSPS) is 17.3. The smallest absolute Gasteiger partial charge is 0.137 e. The van der Waals surface area contributed by atoms with Crippen LogP contribution in [0.1, 0.15) is 23.0 Å². The second-order valence-corrected chi connectivity index (χ2v) is 7.06. The highest BCUT2D eigenvalue weighted by Crippen LogP contribution is 2.31. The van der Waals surface area contributed by atoms with Crippen molar-refractivity contribution in [3.8, 4) is 0 Å². The highest BCUT2D eigenvalue weighted by molar-refractivity contribution is 9.10. The fourth-order valence-electron chi connectivity index (χ4n) is 3.25. The van der Waals surface area contributed by atoms with E-state index in [-0.39, 0.29) is 6.04 Å². The quantitative estimate of drug-likeness (QED) is 0.750. The predicted octanol–water partition coefficient (Wildman–Crippen LogP) is 3.40. The lowest BCUT2D eigenvalue weighted by Crippen LogP contribution is -2.31. The van der Waals surface area contributed by atoms with Crippen LogP contribution in [0.15, 0.2) is 47.1 Å². The largest absolute Gasteiger partial charge is 0.378 e. The molecule has 1 aliphatic rings. The van der Waals surface area contributed by atoms with Crippen molar-refractivity contribution in [1.29, 1.82) is 0 Å². The zero-order valence-corrected chi connectivity index (χ0v) is 14.8. The van der Waals surface area contributed by atoms with Gasteiger partial charge in [0.25, 0.3) is 0 Å². The molecule has 23 heavy (non-hydrogen) atoms. The van der Waals surface area contributed by atoms with Gasteiger partial charge >= 0.3 is 0 Å². The number of fused-ring (bicyclic) bond motifs is 3. The molecule has 0 bridgehead atoms. The van der Waals surface area contributed by atoms with Crippen molar-refractivity contribution in [3.63, 3.8) is 0 Å². The number of hydrogen-bond donors (Lipinski definition) is 1. The van der Waals surface area contributed by atoms with Crippen LogP contribution in [0.5, 0.6) is 0 Å². The Balaban J connectivity index is 1.83. The molecule has 0 saturated heterocycles. The number of halogens is 1. The van der Waals surface area contributed by atoms with E-state index in [2.05, 4.69) is 81.2 Å². The van der Waals surface area contributed by atoms with Crippen molar-refractivity contribution in [1.82, 2.24) is 14.7 Å². The maximum absolute atomic E-state index is 4.81. The van der Waals surface area contributed by atoms with Gasteiger partial charge in [0, 0.05) is 43.4 Å². The lowest BCUT2D eigenvalue weighted by molar-refractivity contribution is 0.547. The van der Waals surface area contributed by atoms with Gasteiger partial charge in [0.1, 0.15) is 5.65 Å². The van der Waals surface area contributed by atoms with Crippen LogP contribution in [0.4, 0.5) is 5.69 Å². The molecule has 4 rings (SSSR count). The second-order valence-electron chi connectivity index (χ2n) is 6.14. The number of nitrogens with one attached hydrogen (secondary N) is 1. The molecular formula is C18H19BrN4. The van der Waals surface area contributed by atoms with Crippen LogP contribution in [0, 0.1) is 0 Å². The SMILES string of the molecule is CN(C)c1ccc(C2NCCc3nc4ccc(Br)cn4c32)cc1. The minimum atomic E-state index is 0.180. The number of imidazole rings is 1. The molecule has 0 radical (unpaired) electrons. The summed E-state index contributed by atoms with van der Waals surface area (Å²) in [4.78, 5) is 6.93. The lowest BCUT2D eigenvalue weighted by Gasteiger charge is -2.25. The predicted molar refractivity (Wildman–Crippen MR) is 97.2 cm³/mol. The summed E-state index contributed by atoms with van der Waals surface area (Å²) in [6, 6.07) is 13.0. The third-order valence-corrected chi connectivity index (χ3v) is 4.89. The first-order valence-corrected chi connectivity index (χ1v) is 8.60. The number of anilines is 1. The van der Waals surface area contributed by atoms with Gasteiger partial charge in [0.15, 0.2) is 0 Å². The molecular weight excluding hydrogens is 352 g/mol. The molecule has 3 aromatic rings. The molecule has 118 valence electrons. The van der Waals surface area contributed by atoms with E-state index in [1.807, 2.05) is 6.07 Å². The minimum absolute atomic E-state index is 0.180. The van der Waals surface area contributed by atoms with Crippen molar-refractivity contribution >= 4 is 27.3 Å². The number of benzene rings is 1. The van der Waals surface area contributed by atoms with Crippen molar-refractivity contribution in [2.45, 2.75) is 12.5 Å². The summed E-state index contributed by atoms with van der Waals surface area (Å²) in [5.74, 6) is 0. The first kappa shape index (κ1) is 14.7. The third kappa shape index (κ3) is 2.54. The van der Waals surface area contributed by atoms with E-state index in [9.17, 15) is 0 Å². The number of hydrogen-bond acceptors (Lipinski definition) is 3.